The third-order valence-electron chi connectivity index (χ3n) is 6.51. The molecule has 0 spiro atoms. The van der Waals surface area contributed by atoms with E-state index in [0.29, 0.717) is 35.7 Å². The van der Waals surface area contributed by atoms with Crippen molar-refractivity contribution >= 4 is 23.4 Å². The van der Waals surface area contributed by atoms with Crippen molar-refractivity contribution in [1.29, 1.82) is 5.26 Å². The standard InChI is InChI=1S/C29H32N6O3/c1-19-14-26(33-28-11-6-21(16-30)17-32-28)24-15-22(8-10-27(24)35(19)20(2)36)25-9-7-23(18-31-25)29(37)38-13-5-12-34(3)4/h6-11,15,17-19,26H,5,12-14H2,1-4H3,(H,32,33). The second kappa shape index (κ2) is 11.8. The Kier molecular flexibility index (Phi) is 8.34. The van der Waals surface area contributed by atoms with Crippen molar-refractivity contribution in [1.82, 2.24) is 14.9 Å². The summed E-state index contributed by atoms with van der Waals surface area (Å²) < 4.78 is 5.35. The van der Waals surface area contributed by atoms with Gasteiger partial charge >= 0.3 is 5.97 Å². The van der Waals surface area contributed by atoms with E-state index in [4.69, 9.17) is 10.00 Å². The van der Waals surface area contributed by atoms with Crippen LogP contribution in [0.2, 0.25) is 0 Å². The number of carbonyl (C=O) groups is 2. The number of hydrogen-bond donors (Lipinski definition) is 1. The molecular formula is C29H32N6O3. The number of hydrogen-bond acceptors (Lipinski definition) is 8. The first-order chi connectivity index (χ1) is 18.3. The van der Waals surface area contributed by atoms with E-state index >= 15 is 0 Å². The maximum Gasteiger partial charge on any atom is 0.339 e. The molecule has 0 bridgehead atoms. The van der Waals surface area contributed by atoms with Gasteiger partial charge in [-0.25, -0.2) is 9.78 Å². The summed E-state index contributed by atoms with van der Waals surface area (Å²) in [6.07, 6.45) is 4.52. The Bertz CT molecular complexity index is 1330. The Hall–Kier alpha value is -4.29. The van der Waals surface area contributed by atoms with Crippen molar-refractivity contribution in [3.63, 3.8) is 0 Å². The van der Waals surface area contributed by atoms with Crippen LogP contribution in [0.4, 0.5) is 11.5 Å². The lowest BCUT2D eigenvalue weighted by molar-refractivity contribution is -0.117. The first-order valence-electron chi connectivity index (χ1n) is 12.6. The molecule has 1 aliphatic rings. The van der Waals surface area contributed by atoms with Crippen LogP contribution in [0.5, 0.6) is 0 Å². The highest BCUT2D eigenvalue weighted by atomic mass is 16.5. The topological polar surface area (TPSA) is 111 Å². The maximum absolute atomic E-state index is 12.5. The second-order valence-electron chi connectivity index (χ2n) is 9.71. The lowest BCUT2D eigenvalue weighted by Crippen LogP contribution is -2.43. The molecule has 1 aromatic carbocycles. The van der Waals surface area contributed by atoms with Crippen LogP contribution >= 0.6 is 0 Å². The van der Waals surface area contributed by atoms with Crippen LogP contribution in [0.25, 0.3) is 11.3 Å². The van der Waals surface area contributed by atoms with Gasteiger partial charge in [-0.15, -0.1) is 0 Å². The van der Waals surface area contributed by atoms with Gasteiger partial charge in [-0.05, 0) is 75.8 Å². The summed E-state index contributed by atoms with van der Waals surface area (Å²) in [5, 5.41) is 12.5. The van der Waals surface area contributed by atoms with Crippen molar-refractivity contribution in [2.45, 2.75) is 38.8 Å². The molecule has 1 aliphatic heterocycles. The predicted molar refractivity (Wildman–Crippen MR) is 146 cm³/mol. The molecule has 4 rings (SSSR count). The summed E-state index contributed by atoms with van der Waals surface area (Å²) in [6, 6.07) is 14.9. The Morgan fingerprint density at radius 1 is 1.16 bits per heavy atom. The van der Waals surface area contributed by atoms with E-state index in [2.05, 4.69) is 21.4 Å². The van der Waals surface area contributed by atoms with Gasteiger partial charge in [0.2, 0.25) is 5.91 Å². The fourth-order valence-electron chi connectivity index (χ4n) is 4.68. The molecule has 3 aromatic rings. The largest absolute Gasteiger partial charge is 0.462 e. The smallest absolute Gasteiger partial charge is 0.339 e. The quantitative estimate of drug-likeness (QED) is 0.349. The van der Waals surface area contributed by atoms with Gasteiger partial charge in [-0.3, -0.25) is 9.78 Å². The number of fused-ring (bicyclic) bond motifs is 1. The molecule has 0 aliphatic carbocycles. The zero-order valence-corrected chi connectivity index (χ0v) is 22.1. The van der Waals surface area contributed by atoms with Gasteiger partial charge in [0.05, 0.1) is 29.5 Å². The van der Waals surface area contributed by atoms with E-state index in [0.717, 1.165) is 29.8 Å². The van der Waals surface area contributed by atoms with Crippen LogP contribution in [-0.4, -0.2) is 60.0 Å². The highest BCUT2D eigenvalue weighted by Crippen LogP contribution is 2.40. The summed E-state index contributed by atoms with van der Waals surface area (Å²) in [5.41, 5.74) is 4.26. The highest BCUT2D eigenvalue weighted by Gasteiger charge is 2.33. The molecule has 2 unspecified atom stereocenters. The minimum Gasteiger partial charge on any atom is -0.462 e. The number of nitrogens with zero attached hydrogens (tertiary/aromatic N) is 5. The van der Waals surface area contributed by atoms with Crippen molar-refractivity contribution in [3.8, 4) is 17.3 Å². The third-order valence-corrected chi connectivity index (χ3v) is 6.51. The minimum atomic E-state index is -0.390. The van der Waals surface area contributed by atoms with Gasteiger partial charge in [0, 0.05) is 43.2 Å². The summed E-state index contributed by atoms with van der Waals surface area (Å²) in [6.45, 7) is 4.81. The minimum absolute atomic E-state index is 0.0112. The molecule has 2 aromatic heterocycles. The van der Waals surface area contributed by atoms with Gasteiger partial charge < -0.3 is 19.9 Å². The Balaban J connectivity index is 1.58. The SMILES string of the molecule is CC(=O)N1c2ccc(-c3ccc(C(=O)OCCCN(C)C)cn3)cc2C(Nc2ccc(C#N)cn2)CC1C. The molecule has 0 radical (unpaired) electrons. The average molecular weight is 513 g/mol. The summed E-state index contributed by atoms with van der Waals surface area (Å²) in [7, 11) is 3.96. The molecule has 3 heterocycles. The average Bonchev–Trinajstić information content (AvgIpc) is 2.91. The lowest BCUT2D eigenvalue weighted by Gasteiger charge is -2.39. The number of nitriles is 1. The normalized spacial score (nSPS) is 16.5. The number of anilines is 2. The first kappa shape index (κ1) is 26.8. The van der Waals surface area contributed by atoms with Crippen molar-refractivity contribution < 1.29 is 14.3 Å². The van der Waals surface area contributed by atoms with Crippen molar-refractivity contribution in [3.05, 3.63) is 71.5 Å². The van der Waals surface area contributed by atoms with E-state index < -0.39 is 5.97 Å². The van der Waals surface area contributed by atoms with E-state index in [9.17, 15) is 9.59 Å². The van der Waals surface area contributed by atoms with E-state index in [-0.39, 0.29) is 18.0 Å². The summed E-state index contributed by atoms with van der Waals surface area (Å²) in [5.74, 6) is 0.243. The number of amides is 1. The number of pyridine rings is 2. The summed E-state index contributed by atoms with van der Waals surface area (Å²) >= 11 is 0. The molecule has 0 saturated carbocycles. The van der Waals surface area contributed by atoms with Crippen LogP contribution < -0.4 is 10.2 Å². The van der Waals surface area contributed by atoms with Crippen molar-refractivity contribution in [2.75, 3.05) is 37.5 Å². The molecule has 9 heteroatoms. The number of ether oxygens (including phenoxy) is 1. The van der Waals surface area contributed by atoms with Crippen LogP contribution in [-0.2, 0) is 9.53 Å². The van der Waals surface area contributed by atoms with Gasteiger partial charge in [0.15, 0.2) is 0 Å². The van der Waals surface area contributed by atoms with Crippen LogP contribution in [0, 0.1) is 11.3 Å². The number of esters is 1. The van der Waals surface area contributed by atoms with Crippen LogP contribution in [0.1, 0.15) is 54.2 Å². The zero-order valence-electron chi connectivity index (χ0n) is 22.1. The molecule has 0 fully saturated rings. The Morgan fingerprint density at radius 3 is 2.61 bits per heavy atom. The van der Waals surface area contributed by atoms with Gasteiger partial charge in [-0.2, -0.15) is 5.26 Å². The van der Waals surface area contributed by atoms with E-state index in [1.165, 1.54) is 12.4 Å². The first-order valence-corrected chi connectivity index (χ1v) is 12.6. The molecular weight excluding hydrogens is 480 g/mol. The molecule has 9 nitrogen and oxygen atoms in total. The Morgan fingerprint density at radius 2 is 1.97 bits per heavy atom. The summed E-state index contributed by atoms with van der Waals surface area (Å²) in [4.78, 5) is 37.6. The monoisotopic (exact) mass is 512 g/mol. The molecule has 196 valence electrons. The molecule has 1 amide bonds. The van der Waals surface area contributed by atoms with Crippen LogP contribution in [0.3, 0.4) is 0 Å². The number of rotatable bonds is 8. The van der Waals surface area contributed by atoms with Crippen molar-refractivity contribution in [2.24, 2.45) is 0 Å². The molecule has 2 atom stereocenters. The molecule has 0 saturated heterocycles. The Labute approximate surface area is 223 Å². The highest BCUT2D eigenvalue weighted by molar-refractivity contribution is 5.94. The fourth-order valence-corrected chi connectivity index (χ4v) is 4.68. The fraction of sp³-hybridized carbons (Fsp3) is 0.345. The van der Waals surface area contributed by atoms with Gasteiger partial charge in [-0.1, -0.05) is 6.07 Å². The second-order valence-corrected chi connectivity index (χ2v) is 9.71. The number of aromatic nitrogens is 2. The van der Waals surface area contributed by atoms with Crippen LogP contribution in [0.15, 0.2) is 54.9 Å². The maximum atomic E-state index is 12.5. The third kappa shape index (κ3) is 6.15. The van der Waals surface area contributed by atoms with Gasteiger partial charge in [0.25, 0.3) is 0 Å². The number of benzene rings is 1. The van der Waals surface area contributed by atoms with E-state index in [1.807, 2.05) is 49.0 Å². The zero-order chi connectivity index (χ0) is 27.2. The van der Waals surface area contributed by atoms with Gasteiger partial charge in [0.1, 0.15) is 11.9 Å². The van der Waals surface area contributed by atoms with E-state index in [1.54, 1.807) is 31.2 Å². The number of carbonyl (C=O) groups excluding carboxylic acids is 2. The predicted octanol–water partition coefficient (Wildman–Crippen LogP) is 4.42. The number of nitrogens with one attached hydrogen (secondary N) is 1. The molecule has 38 heavy (non-hydrogen) atoms. The molecule has 1 N–H and O–H groups in total. The lowest BCUT2D eigenvalue weighted by atomic mass is 9.89.